The second kappa shape index (κ2) is 5.25. The third kappa shape index (κ3) is 2.42. The number of hydrogen-bond donors (Lipinski definition) is 1. The number of anilines is 1. The fourth-order valence-corrected chi connectivity index (χ4v) is 4.61. The zero-order valence-electron chi connectivity index (χ0n) is 12.1. The summed E-state index contributed by atoms with van der Waals surface area (Å²) >= 11 is 1.23. The number of benzene rings is 1. The van der Waals surface area contributed by atoms with E-state index in [1.165, 1.54) is 11.3 Å². The summed E-state index contributed by atoms with van der Waals surface area (Å²) in [5.74, 6) is 0.834. The molecule has 0 unspecified atom stereocenters. The molecule has 3 aromatic rings. The van der Waals surface area contributed by atoms with Crippen molar-refractivity contribution in [3.63, 3.8) is 0 Å². The third-order valence-corrected chi connectivity index (χ3v) is 5.71. The summed E-state index contributed by atoms with van der Waals surface area (Å²) in [7, 11) is -2.25. The van der Waals surface area contributed by atoms with Crippen molar-refractivity contribution in [3.8, 4) is 5.75 Å². The topological polar surface area (TPSA) is 94.3 Å². The average molecular weight is 339 g/mol. The van der Waals surface area contributed by atoms with Gasteiger partial charge in [-0.25, -0.2) is 13.4 Å². The highest BCUT2D eigenvalue weighted by atomic mass is 32.2. The third-order valence-electron chi connectivity index (χ3n) is 3.06. The molecule has 1 N–H and O–H groups in total. The van der Waals surface area contributed by atoms with Crippen molar-refractivity contribution in [1.29, 1.82) is 0 Å². The van der Waals surface area contributed by atoms with Gasteiger partial charge in [-0.2, -0.15) is 0 Å². The molecule has 7 nitrogen and oxygen atoms in total. The lowest BCUT2D eigenvalue weighted by Gasteiger charge is -2.03. The molecule has 0 radical (unpaired) electrons. The Morgan fingerprint density at radius 2 is 2.09 bits per heavy atom. The molecule has 0 aliphatic carbocycles. The van der Waals surface area contributed by atoms with Crippen LogP contribution >= 0.6 is 11.3 Å². The van der Waals surface area contributed by atoms with E-state index in [4.69, 9.17) is 9.26 Å². The number of rotatable bonds is 4. The fraction of sp³-hybridized carbons (Fsp3) is 0.231. The Bertz CT molecular complexity index is 924. The van der Waals surface area contributed by atoms with E-state index in [2.05, 4.69) is 14.9 Å². The quantitative estimate of drug-likeness (QED) is 0.785. The number of aryl methyl sites for hydroxylation is 2. The molecule has 0 amide bonds. The first-order valence-corrected chi connectivity index (χ1v) is 8.61. The van der Waals surface area contributed by atoms with Gasteiger partial charge in [0.1, 0.15) is 17.0 Å². The zero-order valence-corrected chi connectivity index (χ0v) is 13.7. The van der Waals surface area contributed by atoms with Gasteiger partial charge in [-0.15, -0.1) is 0 Å². The highest BCUT2D eigenvalue weighted by Gasteiger charge is 2.25. The van der Waals surface area contributed by atoms with Gasteiger partial charge in [-0.3, -0.25) is 4.72 Å². The number of nitrogens with zero attached hydrogens (tertiary/aromatic N) is 2. The maximum atomic E-state index is 12.5. The Morgan fingerprint density at radius 3 is 2.73 bits per heavy atom. The molecule has 0 saturated carbocycles. The summed E-state index contributed by atoms with van der Waals surface area (Å²) in [6.07, 6.45) is 0. The van der Waals surface area contributed by atoms with Crippen LogP contribution in [0.3, 0.4) is 0 Å². The number of hydrogen-bond acceptors (Lipinski definition) is 7. The number of sulfonamides is 1. The monoisotopic (exact) mass is 339 g/mol. The van der Waals surface area contributed by atoms with E-state index >= 15 is 0 Å². The second-order valence-electron chi connectivity index (χ2n) is 4.58. The van der Waals surface area contributed by atoms with E-state index in [0.717, 1.165) is 4.70 Å². The van der Waals surface area contributed by atoms with Gasteiger partial charge >= 0.3 is 0 Å². The van der Waals surface area contributed by atoms with Gasteiger partial charge in [0.15, 0.2) is 15.8 Å². The Kier molecular flexibility index (Phi) is 3.53. The Labute approximate surface area is 131 Å². The van der Waals surface area contributed by atoms with Crippen LogP contribution in [0.4, 0.5) is 5.13 Å². The standard InChI is InChI=1S/C13H13N3O4S2/c1-7-12(8(2)20-15-7)22(17,18)16-13-14-11-9(19-3)5-4-6-10(11)21-13/h4-6H,1-3H3,(H,14,16). The molecule has 2 aromatic heterocycles. The number of aromatic nitrogens is 2. The van der Waals surface area contributed by atoms with Crippen LogP contribution in [0.15, 0.2) is 27.6 Å². The molecule has 0 spiro atoms. The lowest BCUT2D eigenvalue weighted by molar-refractivity contribution is 0.390. The smallest absolute Gasteiger partial charge is 0.269 e. The van der Waals surface area contributed by atoms with E-state index in [1.54, 1.807) is 27.0 Å². The summed E-state index contributed by atoms with van der Waals surface area (Å²) in [4.78, 5) is 4.33. The number of fused-ring (bicyclic) bond motifs is 1. The highest BCUT2D eigenvalue weighted by molar-refractivity contribution is 7.93. The first-order valence-electron chi connectivity index (χ1n) is 6.31. The molecule has 22 heavy (non-hydrogen) atoms. The van der Waals surface area contributed by atoms with Crippen molar-refractivity contribution in [2.45, 2.75) is 18.7 Å². The van der Waals surface area contributed by atoms with Crippen molar-refractivity contribution in [2.75, 3.05) is 11.8 Å². The van der Waals surface area contributed by atoms with E-state index in [-0.39, 0.29) is 15.8 Å². The molecule has 0 atom stereocenters. The van der Waals surface area contributed by atoms with Gasteiger partial charge < -0.3 is 9.26 Å². The molecule has 0 aliphatic rings. The SMILES string of the molecule is COc1cccc2sc(NS(=O)(=O)c3c(C)noc3C)nc12. The van der Waals surface area contributed by atoms with Gasteiger partial charge in [0.05, 0.1) is 11.8 Å². The normalized spacial score (nSPS) is 11.8. The van der Waals surface area contributed by atoms with Crippen molar-refractivity contribution in [1.82, 2.24) is 10.1 Å². The Hall–Kier alpha value is -2.13. The van der Waals surface area contributed by atoms with Crippen LogP contribution in [0.1, 0.15) is 11.5 Å². The van der Waals surface area contributed by atoms with Crippen LogP contribution in [0, 0.1) is 13.8 Å². The van der Waals surface area contributed by atoms with Gasteiger partial charge in [-0.1, -0.05) is 22.6 Å². The molecule has 9 heteroatoms. The van der Waals surface area contributed by atoms with Crippen LogP contribution in [-0.4, -0.2) is 25.7 Å². The number of ether oxygens (including phenoxy) is 1. The molecule has 1 aromatic carbocycles. The summed E-state index contributed by atoms with van der Waals surface area (Å²) in [5, 5.41) is 3.93. The largest absolute Gasteiger partial charge is 0.494 e. The van der Waals surface area contributed by atoms with Crippen molar-refractivity contribution in [3.05, 3.63) is 29.7 Å². The Balaban J connectivity index is 2.03. The van der Waals surface area contributed by atoms with Crippen LogP contribution in [0.5, 0.6) is 5.75 Å². The van der Waals surface area contributed by atoms with Gasteiger partial charge in [-0.05, 0) is 26.0 Å². The lowest BCUT2D eigenvalue weighted by Crippen LogP contribution is -2.14. The minimum atomic E-state index is -3.80. The van der Waals surface area contributed by atoms with Gasteiger partial charge in [0.2, 0.25) is 0 Å². The highest BCUT2D eigenvalue weighted by Crippen LogP contribution is 2.33. The molecular weight excluding hydrogens is 326 g/mol. The summed E-state index contributed by atoms with van der Waals surface area (Å²) in [5.41, 5.74) is 0.926. The maximum absolute atomic E-state index is 12.5. The first kappa shape index (κ1) is 14.8. The predicted molar refractivity (Wildman–Crippen MR) is 83.0 cm³/mol. The molecular formula is C13H13N3O4S2. The number of nitrogens with one attached hydrogen (secondary N) is 1. The van der Waals surface area contributed by atoms with Gasteiger partial charge in [0.25, 0.3) is 10.0 Å². The minimum absolute atomic E-state index is 0.0405. The van der Waals surface area contributed by atoms with Crippen LogP contribution in [0.25, 0.3) is 10.2 Å². The summed E-state index contributed by atoms with van der Waals surface area (Å²) in [6.45, 7) is 3.13. The van der Waals surface area contributed by atoms with E-state index in [0.29, 0.717) is 17.0 Å². The van der Waals surface area contributed by atoms with Crippen LogP contribution in [-0.2, 0) is 10.0 Å². The predicted octanol–water partition coefficient (Wildman–Crippen LogP) is 2.71. The second-order valence-corrected chi connectivity index (χ2v) is 7.23. The molecule has 0 aliphatic heterocycles. The van der Waals surface area contributed by atoms with E-state index in [1.807, 2.05) is 12.1 Å². The zero-order chi connectivity index (χ0) is 15.9. The first-order chi connectivity index (χ1) is 10.4. The van der Waals surface area contributed by atoms with Crippen molar-refractivity contribution < 1.29 is 17.7 Å². The van der Waals surface area contributed by atoms with Gasteiger partial charge in [0, 0.05) is 0 Å². The number of methoxy groups -OCH3 is 1. The summed E-state index contributed by atoms with van der Waals surface area (Å²) < 4.78 is 38.3. The molecule has 0 fully saturated rings. The lowest BCUT2D eigenvalue weighted by atomic mass is 10.3. The molecule has 0 saturated heterocycles. The minimum Gasteiger partial charge on any atom is -0.494 e. The van der Waals surface area contributed by atoms with E-state index < -0.39 is 10.0 Å². The molecule has 2 heterocycles. The van der Waals surface area contributed by atoms with Crippen molar-refractivity contribution >= 4 is 36.7 Å². The molecule has 0 bridgehead atoms. The maximum Gasteiger partial charge on any atom is 0.269 e. The molecule has 3 rings (SSSR count). The molecule has 116 valence electrons. The van der Waals surface area contributed by atoms with Crippen LogP contribution in [0.2, 0.25) is 0 Å². The fourth-order valence-electron chi connectivity index (χ4n) is 2.16. The number of thiazole rings is 1. The van der Waals surface area contributed by atoms with Crippen LogP contribution < -0.4 is 9.46 Å². The van der Waals surface area contributed by atoms with Crippen molar-refractivity contribution in [2.24, 2.45) is 0 Å². The average Bonchev–Trinajstić information content (AvgIpc) is 3.00. The number of para-hydroxylation sites is 1. The van der Waals surface area contributed by atoms with E-state index in [9.17, 15) is 8.42 Å². The Morgan fingerprint density at radius 1 is 1.32 bits per heavy atom. The summed E-state index contributed by atoms with van der Waals surface area (Å²) in [6, 6.07) is 5.45.